The zero-order valence-corrected chi connectivity index (χ0v) is 17.1. The van der Waals surface area contributed by atoms with E-state index in [9.17, 15) is 0 Å². The summed E-state index contributed by atoms with van der Waals surface area (Å²) in [6.07, 6.45) is 18.6. The van der Waals surface area contributed by atoms with E-state index in [0.717, 1.165) is 29.6 Å². The molecule has 0 aliphatic heterocycles. The molecule has 0 aromatic rings. The third-order valence-corrected chi connectivity index (χ3v) is 5.15. The van der Waals surface area contributed by atoms with E-state index in [1.165, 1.54) is 44.9 Å². The molecule has 23 heavy (non-hydrogen) atoms. The summed E-state index contributed by atoms with van der Waals surface area (Å²) in [6.45, 7) is 16.4. The Bertz CT molecular complexity index is 308. The molecule has 0 nitrogen and oxygen atoms in total. The molecule has 3 atom stereocenters. The van der Waals surface area contributed by atoms with E-state index in [0.29, 0.717) is 0 Å². The lowest BCUT2D eigenvalue weighted by molar-refractivity contribution is 0.212. The first-order valence-corrected chi connectivity index (χ1v) is 10.2. The monoisotopic (exact) mass is 320 g/mol. The van der Waals surface area contributed by atoms with Crippen LogP contribution in [0.15, 0.2) is 24.3 Å². The lowest BCUT2D eigenvalue weighted by atomic mass is 9.76. The van der Waals surface area contributed by atoms with Crippen LogP contribution in [0.25, 0.3) is 0 Å². The maximum atomic E-state index is 2.49. The Kier molecular flexibility index (Phi) is 13.6. The third-order valence-electron chi connectivity index (χ3n) is 5.15. The second kappa shape index (κ2) is 13.9. The Morgan fingerprint density at radius 1 is 0.870 bits per heavy atom. The molecule has 0 aromatic carbocycles. The van der Waals surface area contributed by atoms with Crippen LogP contribution in [0.3, 0.4) is 0 Å². The Morgan fingerprint density at radius 2 is 1.57 bits per heavy atom. The fourth-order valence-electron chi connectivity index (χ4n) is 3.76. The van der Waals surface area contributed by atoms with Crippen LogP contribution in [0.5, 0.6) is 0 Å². The van der Waals surface area contributed by atoms with Crippen molar-refractivity contribution in [3.8, 4) is 0 Å². The predicted octanol–water partition coefficient (Wildman–Crippen LogP) is 8.05. The Morgan fingerprint density at radius 3 is 2.09 bits per heavy atom. The summed E-state index contributed by atoms with van der Waals surface area (Å²) in [4.78, 5) is 0. The molecule has 0 saturated heterocycles. The molecule has 0 N–H and O–H groups in total. The summed E-state index contributed by atoms with van der Waals surface area (Å²) < 4.78 is 0. The van der Waals surface area contributed by atoms with E-state index in [4.69, 9.17) is 0 Å². The van der Waals surface area contributed by atoms with Crippen LogP contribution in [0.1, 0.15) is 93.4 Å². The maximum absolute atomic E-state index is 2.49. The van der Waals surface area contributed by atoms with Crippen LogP contribution >= 0.6 is 0 Å². The molecule has 0 spiro atoms. The van der Waals surface area contributed by atoms with Gasteiger partial charge in [-0.3, -0.25) is 0 Å². The summed E-state index contributed by atoms with van der Waals surface area (Å²) >= 11 is 0. The van der Waals surface area contributed by atoms with E-state index in [1.807, 2.05) is 0 Å². The number of hydrogen-bond donors (Lipinski definition) is 0. The number of hydrogen-bond acceptors (Lipinski definition) is 0. The van der Waals surface area contributed by atoms with Gasteiger partial charge in [0.2, 0.25) is 0 Å². The van der Waals surface area contributed by atoms with Gasteiger partial charge < -0.3 is 0 Å². The minimum atomic E-state index is 0.779. The summed E-state index contributed by atoms with van der Waals surface area (Å²) in [6, 6.07) is 0. The van der Waals surface area contributed by atoms with Crippen LogP contribution < -0.4 is 0 Å². The minimum Gasteiger partial charge on any atom is -0.0917 e. The average Bonchev–Trinajstić information content (AvgIpc) is 2.49. The Balaban J connectivity index is 4.34. The highest BCUT2D eigenvalue weighted by atomic mass is 14.3. The highest BCUT2D eigenvalue weighted by Gasteiger charge is 2.21. The molecule has 0 heterocycles. The van der Waals surface area contributed by atoms with Crippen LogP contribution in [-0.2, 0) is 0 Å². The molecule has 0 fully saturated rings. The number of allylic oxidation sites excluding steroid dienone is 4. The van der Waals surface area contributed by atoms with E-state index >= 15 is 0 Å². The van der Waals surface area contributed by atoms with Crippen molar-refractivity contribution in [3.05, 3.63) is 24.3 Å². The van der Waals surface area contributed by atoms with E-state index in [2.05, 4.69) is 72.8 Å². The first-order chi connectivity index (χ1) is 10.9. The molecular formula is C23H44. The summed E-state index contributed by atoms with van der Waals surface area (Å²) in [5, 5.41) is 0. The van der Waals surface area contributed by atoms with Crippen molar-refractivity contribution in [3.63, 3.8) is 0 Å². The van der Waals surface area contributed by atoms with Gasteiger partial charge in [-0.05, 0) is 68.6 Å². The molecule has 0 bridgehead atoms. The van der Waals surface area contributed by atoms with Gasteiger partial charge in [0.15, 0.2) is 0 Å². The first-order valence-electron chi connectivity index (χ1n) is 10.2. The molecule has 0 aliphatic carbocycles. The van der Waals surface area contributed by atoms with Gasteiger partial charge in [0.05, 0.1) is 0 Å². The van der Waals surface area contributed by atoms with Crippen LogP contribution in [0.2, 0.25) is 0 Å². The van der Waals surface area contributed by atoms with Gasteiger partial charge >= 0.3 is 0 Å². The standard InChI is InChI=1S/C23H44/c1-8-10-12-16-22(15-11-9-2)17-13-14-21(7)23(20(5)6)18-19(3)4/h8,10-11,15,19-23H,9,12-14,16-18H2,1-7H3/b10-8+,15-11+. The van der Waals surface area contributed by atoms with Gasteiger partial charge in [0.25, 0.3) is 0 Å². The van der Waals surface area contributed by atoms with E-state index < -0.39 is 0 Å². The van der Waals surface area contributed by atoms with Crippen LogP contribution in [-0.4, -0.2) is 0 Å². The molecule has 136 valence electrons. The normalized spacial score (nSPS) is 16.7. The Hall–Kier alpha value is -0.520. The Labute approximate surface area is 147 Å². The zero-order chi connectivity index (χ0) is 17.7. The molecule has 0 saturated carbocycles. The highest BCUT2D eigenvalue weighted by Crippen LogP contribution is 2.31. The van der Waals surface area contributed by atoms with Crippen LogP contribution in [0.4, 0.5) is 0 Å². The first kappa shape index (κ1) is 22.5. The quantitative estimate of drug-likeness (QED) is 0.301. The summed E-state index contributed by atoms with van der Waals surface area (Å²) in [5.74, 6) is 4.18. The summed E-state index contributed by atoms with van der Waals surface area (Å²) in [5.41, 5.74) is 0. The molecule has 0 heteroatoms. The molecule has 3 unspecified atom stereocenters. The lowest BCUT2D eigenvalue weighted by Crippen LogP contribution is -2.20. The van der Waals surface area contributed by atoms with E-state index in [-0.39, 0.29) is 0 Å². The van der Waals surface area contributed by atoms with Crippen molar-refractivity contribution in [2.24, 2.45) is 29.6 Å². The molecule has 0 amide bonds. The lowest BCUT2D eigenvalue weighted by Gasteiger charge is -2.29. The minimum absolute atomic E-state index is 0.779. The largest absolute Gasteiger partial charge is 0.0917 e. The van der Waals surface area contributed by atoms with Gasteiger partial charge in [0.1, 0.15) is 0 Å². The molecule has 0 aliphatic rings. The van der Waals surface area contributed by atoms with Crippen molar-refractivity contribution < 1.29 is 0 Å². The second-order valence-corrected chi connectivity index (χ2v) is 8.19. The van der Waals surface area contributed by atoms with Crippen molar-refractivity contribution in [1.29, 1.82) is 0 Å². The predicted molar refractivity (Wildman–Crippen MR) is 108 cm³/mol. The van der Waals surface area contributed by atoms with Gasteiger partial charge in [-0.15, -0.1) is 0 Å². The van der Waals surface area contributed by atoms with Gasteiger partial charge in [-0.1, -0.05) is 78.7 Å². The number of rotatable bonds is 13. The average molecular weight is 321 g/mol. The summed E-state index contributed by atoms with van der Waals surface area (Å²) in [7, 11) is 0. The SMILES string of the molecule is C/C=C/CCC(/C=C/CC)CCCC(C)C(CC(C)C)C(C)C. The smallest absolute Gasteiger partial charge is 0.0231 e. The third kappa shape index (κ3) is 11.6. The van der Waals surface area contributed by atoms with Gasteiger partial charge in [0, 0.05) is 0 Å². The van der Waals surface area contributed by atoms with Crippen molar-refractivity contribution >= 4 is 0 Å². The molecular weight excluding hydrogens is 276 g/mol. The van der Waals surface area contributed by atoms with Crippen molar-refractivity contribution in [2.75, 3.05) is 0 Å². The van der Waals surface area contributed by atoms with Crippen molar-refractivity contribution in [2.45, 2.75) is 93.4 Å². The molecule has 0 aromatic heterocycles. The zero-order valence-electron chi connectivity index (χ0n) is 17.1. The van der Waals surface area contributed by atoms with Gasteiger partial charge in [-0.2, -0.15) is 0 Å². The van der Waals surface area contributed by atoms with E-state index in [1.54, 1.807) is 0 Å². The maximum Gasteiger partial charge on any atom is -0.0231 e. The molecule has 0 radical (unpaired) electrons. The van der Waals surface area contributed by atoms with Crippen LogP contribution in [0, 0.1) is 29.6 Å². The highest BCUT2D eigenvalue weighted by molar-refractivity contribution is 4.90. The molecule has 0 rings (SSSR count). The fraction of sp³-hybridized carbons (Fsp3) is 0.826. The topological polar surface area (TPSA) is 0 Å². The van der Waals surface area contributed by atoms with Gasteiger partial charge in [-0.25, -0.2) is 0 Å². The fourth-order valence-corrected chi connectivity index (χ4v) is 3.76. The van der Waals surface area contributed by atoms with Crippen molar-refractivity contribution in [1.82, 2.24) is 0 Å². The second-order valence-electron chi connectivity index (χ2n) is 8.19.